The second kappa shape index (κ2) is 19.1. The number of carbonyl (C=O) groups excluding carboxylic acids is 1. The van der Waals surface area contributed by atoms with E-state index in [1.54, 1.807) is 0 Å². The Balaban J connectivity index is 0.000000505. The van der Waals surface area contributed by atoms with E-state index in [0.29, 0.717) is 0 Å². The summed E-state index contributed by atoms with van der Waals surface area (Å²) >= 11 is 0. The average molecular weight is 751 g/mol. The summed E-state index contributed by atoms with van der Waals surface area (Å²) in [7, 11) is 4.02. The van der Waals surface area contributed by atoms with Gasteiger partial charge < -0.3 is 29.9 Å². The molecule has 0 aliphatic carbocycles. The maximum atomic E-state index is 13.0. The minimum absolute atomic E-state index is 0.134. The van der Waals surface area contributed by atoms with Crippen molar-refractivity contribution in [2.45, 2.75) is 37.9 Å². The Labute approximate surface area is 285 Å². The topological polar surface area (TPSA) is 161 Å². The molecule has 2 aliphatic rings. The number of carboxylic acids is 3. The van der Waals surface area contributed by atoms with Gasteiger partial charge in [0, 0.05) is 75.9 Å². The van der Waals surface area contributed by atoms with E-state index in [2.05, 4.69) is 22.0 Å². The van der Waals surface area contributed by atoms with Crippen LogP contribution in [0.1, 0.15) is 28.8 Å². The van der Waals surface area contributed by atoms with Gasteiger partial charge >= 0.3 is 36.4 Å². The van der Waals surface area contributed by atoms with E-state index < -0.39 is 36.4 Å². The minimum Gasteiger partial charge on any atom is -0.475 e. The molecule has 0 unspecified atom stereocenters. The van der Waals surface area contributed by atoms with Crippen LogP contribution in [-0.2, 0) is 25.7 Å². The fraction of sp³-hybridized carbons (Fsp3) is 0.500. The lowest BCUT2D eigenvalue weighted by molar-refractivity contribution is -0.193. The molecule has 0 atom stereocenters. The smallest absolute Gasteiger partial charge is 0.475 e. The van der Waals surface area contributed by atoms with Crippen molar-refractivity contribution in [3.63, 3.8) is 0 Å². The highest BCUT2D eigenvalue weighted by atomic mass is 19.4. The highest BCUT2D eigenvalue weighted by Gasteiger charge is 2.40. The van der Waals surface area contributed by atoms with Crippen LogP contribution in [0.5, 0.6) is 0 Å². The van der Waals surface area contributed by atoms with Crippen LogP contribution in [0.2, 0.25) is 0 Å². The Hall–Kier alpha value is -4.66. The molecule has 0 saturated carbocycles. The van der Waals surface area contributed by atoms with Gasteiger partial charge in [-0.1, -0.05) is 0 Å². The van der Waals surface area contributed by atoms with E-state index in [1.807, 2.05) is 60.6 Å². The van der Waals surface area contributed by atoms with E-state index >= 15 is 0 Å². The Morgan fingerprint density at radius 2 is 1.20 bits per heavy atom. The third kappa shape index (κ3) is 16.3. The number of piperidine rings is 1. The van der Waals surface area contributed by atoms with Crippen LogP contribution < -0.4 is 4.90 Å². The lowest BCUT2D eigenvalue weighted by Gasteiger charge is -2.42. The summed E-state index contributed by atoms with van der Waals surface area (Å²) in [5, 5.41) is 21.4. The summed E-state index contributed by atoms with van der Waals surface area (Å²) in [5.41, 5.74) is 3.30. The number of benzene rings is 1. The van der Waals surface area contributed by atoms with Crippen molar-refractivity contribution in [3.8, 4) is 0 Å². The van der Waals surface area contributed by atoms with Crippen molar-refractivity contribution in [1.82, 2.24) is 14.8 Å². The SMILES string of the molecule is CN(C)c1ccc(C(=O)N2CCC3(CC2)COCCN(Cc2ccncc2)C3)cc1.O=C(O)C(F)(F)F.O=C(O)C(F)(F)F.O=C(O)C(F)(F)F. The maximum absolute atomic E-state index is 13.0. The van der Waals surface area contributed by atoms with Crippen LogP contribution in [0.4, 0.5) is 45.2 Å². The van der Waals surface area contributed by atoms with Crippen LogP contribution in [0.25, 0.3) is 0 Å². The number of rotatable bonds is 4. The molecular weight excluding hydrogens is 715 g/mol. The molecule has 21 heteroatoms. The van der Waals surface area contributed by atoms with Gasteiger partial charge in [-0.3, -0.25) is 14.7 Å². The monoisotopic (exact) mass is 750 g/mol. The molecule has 1 amide bonds. The van der Waals surface area contributed by atoms with E-state index in [9.17, 15) is 44.3 Å². The number of pyridine rings is 1. The number of anilines is 1. The number of aromatic nitrogens is 1. The molecule has 0 radical (unpaired) electrons. The number of nitrogens with zero attached hydrogens (tertiary/aromatic N) is 4. The zero-order valence-corrected chi connectivity index (χ0v) is 27.1. The molecule has 2 saturated heterocycles. The van der Waals surface area contributed by atoms with Crippen LogP contribution in [-0.4, -0.2) is 126 Å². The second-order valence-electron chi connectivity index (χ2n) is 11.3. The molecule has 3 N–H and O–H groups in total. The molecule has 2 aliphatic heterocycles. The van der Waals surface area contributed by atoms with Gasteiger partial charge in [-0.05, 0) is 54.8 Å². The van der Waals surface area contributed by atoms with Crippen molar-refractivity contribution in [2.75, 3.05) is 58.4 Å². The zero-order chi connectivity index (χ0) is 39.2. The fourth-order valence-corrected chi connectivity index (χ4v) is 4.53. The summed E-state index contributed by atoms with van der Waals surface area (Å²) in [4.78, 5) is 50.4. The summed E-state index contributed by atoms with van der Waals surface area (Å²) in [5.74, 6) is -8.13. The molecule has 51 heavy (non-hydrogen) atoms. The van der Waals surface area contributed by atoms with Crippen molar-refractivity contribution in [2.24, 2.45) is 5.41 Å². The quantitative estimate of drug-likeness (QED) is 0.369. The van der Waals surface area contributed by atoms with Crippen molar-refractivity contribution in [1.29, 1.82) is 0 Å². The van der Waals surface area contributed by atoms with Crippen molar-refractivity contribution in [3.05, 3.63) is 59.9 Å². The number of hydrogen-bond acceptors (Lipinski definition) is 8. The number of carbonyl (C=O) groups is 4. The van der Waals surface area contributed by atoms with E-state index in [0.717, 1.165) is 70.0 Å². The van der Waals surface area contributed by atoms with E-state index in [1.165, 1.54) is 5.56 Å². The molecule has 3 heterocycles. The number of carboxylic acid groups (broad SMARTS) is 3. The van der Waals surface area contributed by atoms with Crippen LogP contribution in [0, 0.1) is 5.41 Å². The second-order valence-corrected chi connectivity index (χ2v) is 11.3. The molecule has 1 aromatic carbocycles. The summed E-state index contributed by atoms with van der Waals surface area (Å²) in [6.07, 6.45) is -9.56. The molecule has 2 aromatic rings. The molecule has 0 bridgehead atoms. The Morgan fingerprint density at radius 1 is 0.765 bits per heavy atom. The number of halogens is 9. The van der Waals surface area contributed by atoms with Gasteiger partial charge in [-0.15, -0.1) is 0 Å². The number of amides is 1. The van der Waals surface area contributed by atoms with Crippen LogP contribution in [0.15, 0.2) is 48.8 Å². The molecule has 1 aromatic heterocycles. The third-order valence-electron chi connectivity index (χ3n) is 7.14. The van der Waals surface area contributed by atoms with Crippen LogP contribution >= 0.6 is 0 Å². The molecule has 286 valence electrons. The predicted molar refractivity (Wildman–Crippen MR) is 160 cm³/mol. The van der Waals surface area contributed by atoms with E-state index in [-0.39, 0.29) is 11.3 Å². The molecule has 12 nitrogen and oxygen atoms in total. The summed E-state index contributed by atoms with van der Waals surface area (Å²) in [6, 6.07) is 12.1. The van der Waals surface area contributed by atoms with Gasteiger partial charge in [0.2, 0.25) is 0 Å². The van der Waals surface area contributed by atoms with Crippen molar-refractivity contribution >= 4 is 29.5 Å². The highest BCUT2D eigenvalue weighted by molar-refractivity contribution is 5.94. The fourth-order valence-electron chi connectivity index (χ4n) is 4.53. The summed E-state index contributed by atoms with van der Waals surface area (Å²) < 4.78 is 101. The first kappa shape index (κ1) is 44.4. The van der Waals surface area contributed by atoms with Gasteiger partial charge in [0.15, 0.2) is 0 Å². The van der Waals surface area contributed by atoms with Crippen molar-refractivity contribution < 1.29 is 78.7 Å². The van der Waals surface area contributed by atoms with Gasteiger partial charge in [0.05, 0.1) is 13.2 Å². The van der Waals surface area contributed by atoms with Gasteiger partial charge in [-0.2, -0.15) is 39.5 Å². The summed E-state index contributed by atoms with van der Waals surface area (Å²) in [6.45, 7) is 6.04. The minimum atomic E-state index is -5.08. The number of likely N-dealkylation sites (tertiary alicyclic amines) is 1. The lowest BCUT2D eigenvalue weighted by Crippen LogP contribution is -2.48. The normalized spacial score (nSPS) is 16.1. The number of alkyl halides is 9. The number of aliphatic carboxylic acids is 3. The van der Waals surface area contributed by atoms with Gasteiger partial charge in [0.1, 0.15) is 0 Å². The largest absolute Gasteiger partial charge is 0.490 e. The first-order chi connectivity index (χ1) is 23.4. The molecule has 1 spiro atoms. The molecule has 2 fully saturated rings. The number of ether oxygens (including phenoxy) is 1. The Kier molecular flexibility index (Phi) is 16.6. The highest BCUT2D eigenvalue weighted by Crippen LogP contribution is 2.35. The van der Waals surface area contributed by atoms with Gasteiger partial charge in [0.25, 0.3) is 5.91 Å². The van der Waals surface area contributed by atoms with Crippen LogP contribution in [0.3, 0.4) is 0 Å². The Bertz CT molecular complexity index is 1360. The Morgan fingerprint density at radius 3 is 1.59 bits per heavy atom. The average Bonchev–Trinajstić information content (AvgIpc) is 3.22. The van der Waals surface area contributed by atoms with E-state index in [4.69, 9.17) is 34.4 Å². The standard InChI is InChI=1S/C24H32N4O2.3C2HF3O2/c1-26(2)22-5-3-21(4-6-22)23(29)28-13-9-24(10-14-28)18-27(15-16-30-19-24)17-20-7-11-25-12-8-20;3*3-2(4,5)1(6)7/h3-8,11-12H,9-10,13-19H2,1-2H3;3*(H,6,7). The first-order valence-electron chi connectivity index (χ1n) is 14.5. The first-order valence-corrected chi connectivity index (χ1v) is 14.5. The predicted octanol–water partition coefficient (Wildman–Crippen LogP) is 4.80. The lowest BCUT2D eigenvalue weighted by atomic mass is 9.78. The number of hydrogen-bond donors (Lipinski definition) is 3. The molecule has 4 rings (SSSR count). The maximum Gasteiger partial charge on any atom is 0.490 e. The van der Waals surface area contributed by atoms with Gasteiger partial charge in [-0.25, -0.2) is 14.4 Å². The molecular formula is C30H35F9N4O8. The third-order valence-corrected chi connectivity index (χ3v) is 7.14. The zero-order valence-electron chi connectivity index (χ0n) is 27.1.